The number of methoxy groups -OCH3 is 1. The van der Waals surface area contributed by atoms with Crippen LogP contribution in [-0.2, 0) is 6.61 Å². The first-order valence-electron chi connectivity index (χ1n) is 5.88. The SMILES string of the molecule is COc1ncccc1COc1cc(B(O)O)ccc1F. The molecule has 0 bridgehead atoms. The van der Waals surface area contributed by atoms with Crippen LogP contribution in [0.2, 0.25) is 0 Å². The standard InChI is InChI=1S/C13H13BFNO4/c1-19-13-9(3-2-6-16-13)8-20-12-7-10(14(17)18)4-5-11(12)15/h2-7,17-18H,8H2,1H3. The molecule has 1 heterocycles. The first-order chi connectivity index (χ1) is 9.61. The summed E-state index contributed by atoms with van der Waals surface area (Å²) in [5, 5.41) is 18.1. The predicted molar refractivity (Wildman–Crippen MR) is 71.3 cm³/mol. The largest absolute Gasteiger partial charge is 0.488 e. The third kappa shape index (κ3) is 3.25. The molecule has 0 unspecified atom stereocenters. The van der Waals surface area contributed by atoms with E-state index in [0.717, 1.165) is 6.07 Å². The number of hydrogen-bond acceptors (Lipinski definition) is 5. The van der Waals surface area contributed by atoms with Crippen molar-refractivity contribution in [2.24, 2.45) is 0 Å². The fourth-order valence-electron chi connectivity index (χ4n) is 1.66. The van der Waals surface area contributed by atoms with Gasteiger partial charge in [-0.3, -0.25) is 0 Å². The zero-order valence-electron chi connectivity index (χ0n) is 10.8. The maximum Gasteiger partial charge on any atom is 0.488 e. The zero-order chi connectivity index (χ0) is 14.5. The maximum atomic E-state index is 13.6. The molecule has 2 aromatic rings. The van der Waals surface area contributed by atoms with E-state index in [0.29, 0.717) is 11.4 Å². The third-order valence-corrected chi connectivity index (χ3v) is 2.68. The van der Waals surface area contributed by atoms with E-state index < -0.39 is 12.9 Å². The van der Waals surface area contributed by atoms with Gasteiger partial charge in [0.05, 0.1) is 12.7 Å². The molecule has 0 radical (unpaired) electrons. The highest BCUT2D eigenvalue weighted by Crippen LogP contribution is 2.19. The van der Waals surface area contributed by atoms with E-state index in [-0.39, 0.29) is 17.8 Å². The van der Waals surface area contributed by atoms with E-state index in [4.69, 9.17) is 19.5 Å². The molecule has 2 N–H and O–H groups in total. The minimum absolute atomic E-state index is 0.0545. The number of benzene rings is 1. The second-order valence-corrected chi connectivity index (χ2v) is 4.02. The minimum atomic E-state index is -1.68. The lowest BCUT2D eigenvalue weighted by molar-refractivity contribution is 0.280. The summed E-state index contributed by atoms with van der Waals surface area (Å²) in [7, 11) is -0.194. The molecular formula is C13H13BFNO4. The predicted octanol–water partition coefficient (Wildman–Crippen LogP) is 0.488. The van der Waals surface area contributed by atoms with Gasteiger partial charge in [-0.1, -0.05) is 6.07 Å². The summed E-state index contributed by atoms with van der Waals surface area (Å²) in [5.41, 5.74) is 0.809. The van der Waals surface area contributed by atoms with Crippen LogP contribution in [0.15, 0.2) is 36.5 Å². The van der Waals surface area contributed by atoms with Crippen molar-refractivity contribution in [2.45, 2.75) is 6.61 Å². The fourth-order valence-corrected chi connectivity index (χ4v) is 1.66. The number of pyridine rings is 1. The molecule has 0 spiro atoms. The van der Waals surface area contributed by atoms with Crippen molar-refractivity contribution in [2.75, 3.05) is 7.11 Å². The Labute approximate surface area is 115 Å². The Morgan fingerprint density at radius 3 is 2.80 bits per heavy atom. The van der Waals surface area contributed by atoms with Crippen LogP contribution in [0.5, 0.6) is 11.6 Å². The van der Waals surface area contributed by atoms with Crippen LogP contribution in [0.25, 0.3) is 0 Å². The summed E-state index contributed by atoms with van der Waals surface area (Å²) in [6.07, 6.45) is 1.58. The highest BCUT2D eigenvalue weighted by Gasteiger charge is 2.15. The number of rotatable bonds is 5. The molecule has 7 heteroatoms. The van der Waals surface area contributed by atoms with Gasteiger partial charge in [-0.2, -0.15) is 0 Å². The van der Waals surface area contributed by atoms with Gasteiger partial charge in [0.15, 0.2) is 11.6 Å². The molecule has 5 nitrogen and oxygen atoms in total. The molecule has 0 aliphatic heterocycles. The highest BCUT2D eigenvalue weighted by atomic mass is 19.1. The lowest BCUT2D eigenvalue weighted by Crippen LogP contribution is -2.29. The average molecular weight is 277 g/mol. The normalized spacial score (nSPS) is 10.2. The van der Waals surface area contributed by atoms with Crippen molar-refractivity contribution in [1.82, 2.24) is 4.98 Å². The van der Waals surface area contributed by atoms with Crippen molar-refractivity contribution in [1.29, 1.82) is 0 Å². The Morgan fingerprint density at radius 1 is 1.30 bits per heavy atom. The van der Waals surface area contributed by atoms with Crippen molar-refractivity contribution in [3.05, 3.63) is 47.9 Å². The van der Waals surface area contributed by atoms with Crippen molar-refractivity contribution in [3.8, 4) is 11.6 Å². The number of aromatic nitrogens is 1. The van der Waals surface area contributed by atoms with Crippen LogP contribution in [0.3, 0.4) is 0 Å². The van der Waals surface area contributed by atoms with Crippen LogP contribution in [-0.4, -0.2) is 29.3 Å². The van der Waals surface area contributed by atoms with Gasteiger partial charge in [0.1, 0.15) is 6.61 Å². The summed E-state index contributed by atoms with van der Waals surface area (Å²) in [5.74, 6) is -0.259. The van der Waals surface area contributed by atoms with Gasteiger partial charge in [0, 0.05) is 6.20 Å². The van der Waals surface area contributed by atoms with E-state index in [1.165, 1.54) is 19.2 Å². The van der Waals surface area contributed by atoms with Gasteiger partial charge in [0.2, 0.25) is 5.88 Å². The maximum absolute atomic E-state index is 13.6. The van der Waals surface area contributed by atoms with Crippen LogP contribution in [0, 0.1) is 5.82 Å². The first kappa shape index (κ1) is 14.3. The first-order valence-corrected chi connectivity index (χ1v) is 5.88. The van der Waals surface area contributed by atoms with Crippen LogP contribution in [0.4, 0.5) is 4.39 Å². The number of ether oxygens (including phenoxy) is 2. The number of hydrogen-bond donors (Lipinski definition) is 2. The van der Waals surface area contributed by atoms with Gasteiger partial charge in [-0.05, 0) is 29.7 Å². The van der Waals surface area contributed by atoms with Crippen molar-refractivity contribution in [3.63, 3.8) is 0 Å². The number of halogens is 1. The molecule has 0 aliphatic rings. The van der Waals surface area contributed by atoms with Crippen LogP contribution >= 0.6 is 0 Å². The molecule has 0 atom stereocenters. The second-order valence-electron chi connectivity index (χ2n) is 4.02. The Bertz CT molecular complexity index is 594. The summed E-state index contributed by atoms with van der Waals surface area (Å²) in [6.45, 7) is 0.0545. The van der Waals surface area contributed by atoms with E-state index in [1.54, 1.807) is 18.3 Å². The molecule has 1 aromatic heterocycles. The van der Waals surface area contributed by atoms with Crippen molar-refractivity contribution >= 4 is 12.6 Å². The molecule has 1 aromatic carbocycles. The molecule has 20 heavy (non-hydrogen) atoms. The fraction of sp³-hybridized carbons (Fsp3) is 0.154. The molecule has 0 amide bonds. The van der Waals surface area contributed by atoms with Gasteiger partial charge in [-0.15, -0.1) is 0 Å². The monoisotopic (exact) mass is 277 g/mol. The van der Waals surface area contributed by atoms with Crippen LogP contribution in [0.1, 0.15) is 5.56 Å². The Balaban J connectivity index is 2.16. The zero-order valence-corrected chi connectivity index (χ0v) is 10.8. The molecule has 104 valence electrons. The quantitative estimate of drug-likeness (QED) is 0.778. The summed E-state index contributed by atoms with van der Waals surface area (Å²) >= 11 is 0. The van der Waals surface area contributed by atoms with Crippen LogP contribution < -0.4 is 14.9 Å². The van der Waals surface area contributed by atoms with Gasteiger partial charge >= 0.3 is 7.12 Å². The average Bonchev–Trinajstić information content (AvgIpc) is 2.46. The Kier molecular flexibility index (Phi) is 4.55. The van der Waals surface area contributed by atoms with E-state index >= 15 is 0 Å². The van der Waals surface area contributed by atoms with E-state index in [9.17, 15) is 4.39 Å². The summed E-state index contributed by atoms with van der Waals surface area (Å²) in [4.78, 5) is 4.00. The Morgan fingerprint density at radius 2 is 2.10 bits per heavy atom. The molecule has 0 saturated carbocycles. The third-order valence-electron chi connectivity index (χ3n) is 2.68. The van der Waals surface area contributed by atoms with Crippen molar-refractivity contribution < 1.29 is 23.9 Å². The van der Waals surface area contributed by atoms with Gasteiger partial charge < -0.3 is 19.5 Å². The summed E-state index contributed by atoms with van der Waals surface area (Å²) < 4.78 is 24.0. The molecule has 2 rings (SSSR count). The summed E-state index contributed by atoms with van der Waals surface area (Å²) in [6, 6.07) is 7.09. The topological polar surface area (TPSA) is 71.8 Å². The molecular weight excluding hydrogens is 264 g/mol. The van der Waals surface area contributed by atoms with Gasteiger partial charge in [-0.25, -0.2) is 9.37 Å². The molecule has 0 aliphatic carbocycles. The molecule has 0 fully saturated rings. The lowest BCUT2D eigenvalue weighted by Gasteiger charge is -2.11. The molecule has 0 saturated heterocycles. The second kappa shape index (κ2) is 6.36. The van der Waals surface area contributed by atoms with E-state index in [2.05, 4.69) is 4.98 Å². The van der Waals surface area contributed by atoms with Gasteiger partial charge in [0.25, 0.3) is 0 Å². The van der Waals surface area contributed by atoms with E-state index in [1.807, 2.05) is 0 Å². The number of nitrogens with zero attached hydrogens (tertiary/aromatic N) is 1. The Hall–Kier alpha value is -2.12. The lowest BCUT2D eigenvalue weighted by atomic mass is 9.80. The minimum Gasteiger partial charge on any atom is -0.486 e. The highest BCUT2D eigenvalue weighted by molar-refractivity contribution is 6.58. The smallest absolute Gasteiger partial charge is 0.486 e.